The predicted molar refractivity (Wildman–Crippen MR) is 128 cm³/mol. The number of benzene rings is 2. The Kier molecular flexibility index (Phi) is 9.74. The Labute approximate surface area is 197 Å². The molecule has 0 radical (unpaired) electrons. The maximum absolute atomic E-state index is 13.1. The number of amides is 1. The molecule has 0 fully saturated rings. The molecule has 0 bridgehead atoms. The van der Waals surface area contributed by atoms with E-state index in [0.29, 0.717) is 11.3 Å². The molecule has 2 aromatic rings. The van der Waals surface area contributed by atoms with Crippen LogP contribution in [0, 0.1) is 13.8 Å². The molecule has 2 aromatic carbocycles. The molecule has 8 nitrogen and oxygen atoms in total. The van der Waals surface area contributed by atoms with Crippen molar-refractivity contribution in [3.63, 3.8) is 0 Å². The van der Waals surface area contributed by atoms with Crippen molar-refractivity contribution in [2.75, 3.05) is 37.7 Å². The van der Waals surface area contributed by atoms with E-state index in [-0.39, 0.29) is 18.7 Å². The molecule has 0 aromatic heterocycles. The van der Waals surface area contributed by atoms with Gasteiger partial charge in [-0.05, 0) is 43.2 Å². The van der Waals surface area contributed by atoms with Crippen molar-refractivity contribution < 1.29 is 28.4 Å². The van der Waals surface area contributed by atoms with E-state index in [1.165, 1.54) is 20.5 Å². The molecular weight excluding hydrogens is 444 g/mol. The summed E-state index contributed by atoms with van der Waals surface area (Å²) in [6.07, 6.45) is 1.71. The van der Waals surface area contributed by atoms with Crippen molar-refractivity contribution in [1.82, 2.24) is 5.32 Å². The van der Waals surface area contributed by atoms with Crippen LogP contribution in [0.5, 0.6) is 0 Å². The maximum atomic E-state index is 13.1. The van der Waals surface area contributed by atoms with Crippen molar-refractivity contribution in [3.05, 3.63) is 59.2 Å². The molecule has 0 heterocycles. The zero-order chi connectivity index (χ0) is 24.5. The van der Waals surface area contributed by atoms with Gasteiger partial charge in [-0.3, -0.25) is 4.79 Å². The highest BCUT2D eigenvalue weighted by Gasteiger charge is 2.26. The number of carbonyl (C=O) groups excluding carboxylic acids is 3. The number of hydrogen-bond acceptors (Lipinski definition) is 7. The van der Waals surface area contributed by atoms with Crippen molar-refractivity contribution in [2.45, 2.75) is 26.3 Å². The first-order valence-electron chi connectivity index (χ1n) is 10.4. The normalized spacial score (nSPS) is 12.4. The van der Waals surface area contributed by atoms with Crippen LogP contribution in [0.15, 0.2) is 42.5 Å². The van der Waals surface area contributed by atoms with Gasteiger partial charge in [-0.15, -0.1) is 0 Å². The number of hydrogen-bond donors (Lipinski definition) is 1. The van der Waals surface area contributed by atoms with Gasteiger partial charge in [0.05, 0.1) is 31.7 Å². The van der Waals surface area contributed by atoms with Gasteiger partial charge in [0.1, 0.15) is 18.3 Å². The van der Waals surface area contributed by atoms with E-state index in [4.69, 9.17) is 9.47 Å². The number of ether oxygens (including phenoxy) is 2. The molecule has 0 aliphatic carbocycles. The lowest BCUT2D eigenvalue weighted by Crippen LogP contribution is -2.46. The summed E-state index contributed by atoms with van der Waals surface area (Å²) in [5, 5.41) is 2.68. The second-order valence-electron chi connectivity index (χ2n) is 7.52. The van der Waals surface area contributed by atoms with E-state index in [1.807, 2.05) is 32.0 Å². The standard InChI is InChI=1S/C24H30N2O6S/c1-16-9-8-12-20(17(16)2)26(21-11-7-6-10-18(21)23(28)31-3)15-22(27)25-19(24(29)32-4)13-14-33(5)30/h6-12,19H,13-15H2,1-5H3,(H,25,27). The highest BCUT2D eigenvalue weighted by Crippen LogP contribution is 2.32. The molecule has 33 heavy (non-hydrogen) atoms. The minimum atomic E-state index is -1.13. The van der Waals surface area contributed by atoms with E-state index >= 15 is 0 Å². The summed E-state index contributed by atoms with van der Waals surface area (Å²) in [4.78, 5) is 39.4. The SMILES string of the molecule is COC(=O)c1ccccc1N(CC(=O)NC(CC[S+](C)[O-])C(=O)OC)c1cccc(C)c1C. The number of aryl methyl sites for hydroxylation is 1. The van der Waals surface area contributed by atoms with Gasteiger partial charge in [-0.1, -0.05) is 35.4 Å². The number of nitrogens with one attached hydrogen (secondary N) is 1. The van der Waals surface area contributed by atoms with E-state index in [2.05, 4.69) is 5.32 Å². The molecule has 1 amide bonds. The van der Waals surface area contributed by atoms with Crippen LogP contribution in [-0.2, 0) is 30.2 Å². The highest BCUT2D eigenvalue weighted by atomic mass is 32.2. The average molecular weight is 475 g/mol. The smallest absolute Gasteiger partial charge is 0.339 e. The molecule has 178 valence electrons. The van der Waals surface area contributed by atoms with Crippen molar-refractivity contribution in [3.8, 4) is 0 Å². The Balaban J connectivity index is 2.43. The summed E-state index contributed by atoms with van der Waals surface area (Å²) in [7, 11) is 2.53. The van der Waals surface area contributed by atoms with Crippen molar-refractivity contribution in [2.24, 2.45) is 0 Å². The Morgan fingerprint density at radius 1 is 1.03 bits per heavy atom. The minimum absolute atomic E-state index is 0.166. The van der Waals surface area contributed by atoms with Crippen LogP contribution in [-0.4, -0.2) is 61.2 Å². The first kappa shape index (κ1) is 26.2. The van der Waals surface area contributed by atoms with Crippen LogP contribution >= 0.6 is 0 Å². The lowest BCUT2D eigenvalue weighted by molar-refractivity contribution is -0.145. The number of methoxy groups -OCH3 is 2. The van der Waals surface area contributed by atoms with Crippen LogP contribution in [0.4, 0.5) is 11.4 Å². The van der Waals surface area contributed by atoms with E-state index < -0.39 is 35.1 Å². The topological polar surface area (TPSA) is 108 Å². The molecule has 0 aliphatic heterocycles. The third-order valence-corrected chi connectivity index (χ3v) is 6.09. The van der Waals surface area contributed by atoms with Gasteiger partial charge in [0.25, 0.3) is 0 Å². The summed E-state index contributed by atoms with van der Waals surface area (Å²) in [5.74, 6) is -1.35. The van der Waals surface area contributed by atoms with Crippen LogP contribution < -0.4 is 10.2 Å². The average Bonchev–Trinajstić information content (AvgIpc) is 2.81. The summed E-state index contributed by atoms with van der Waals surface area (Å²) in [6, 6.07) is 11.6. The third-order valence-electron chi connectivity index (χ3n) is 5.28. The maximum Gasteiger partial charge on any atom is 0.339 e. The Bertz CT molecular complexity index is 995. The molecule has 0 saturated carbocycles. The fourth-order valence-corrected chi connectivity index (χ4v) is 3.95. The predicted octanol–water partition coefficient (Wildman–Crippen LogP) is 2.65. The molecule has 0 aliphatic rings. The molecule has 1 N–H and O–H groups in total. The summed E-state index contributed by atoms with van der Waals surface area (Å²) in [5.41, 5.74) is 3.50. The number of rotatable bonds is 10. The van der Waals surface area contributed by atoms with E-state index in [0.717, 1.165) is 16.8 Å². The lowest BCUT2D eigenvalue weighted by atomic mass is 10.0. The number of anilines is 2. The van der Waals surface area contributed by atoms with Gasteiger partial charge >= 0.3 is 11.9 Å². The Hall–Kier alpha value is -3.04. The van der Waals surface area contributed by atoms with Gasteiger partial charge in [0.2, 0.25) is 5.91 Å². The van der Waals surface area contributed by atoms with Crippen LogP contribution in [0.3, 0.4) is 0 Å². The van der Waals surface area contributed by atoms with Gasteiger partial charge in [0, 0.05) is 12.1 Å². The van der Waals surface area contributed by atoms with Gasteiger partial charge in [0.15, 0.2) is 0 Å². The Morgan fingerprint density at radius 2 is 1.70 bits per heavy atom. The quantitative estimate of drug-likeness (QED) is 0.417. The third kappa shape index (κ3) is 6.97. The second kappa shape index (κ2) is 12.3. The summed E-state index contributed by atoms with van der Waals surface area (Å²) < 4.78 is 21.2. The number of carbonyl (C=O) groups is 3. The summed E-state index contributed by atoms with van der Waals surface area (Å²) >= 11 is -1.13. The first-order valence-corrected chi connectivity index (χ1v) is 12.1. The molecule has 2 unspecified atom stereocenters. The van der Waals surface area contributed by atoms with Gasteiger partial charge in [-0.2, -0.15) is 0 Å². The van der Waals surface area contributed by atoms with Crippen LogP contribution in [0.2, 0.25) is 0 Å². The lowest BCUT2D eigenvalue weighted by Gasteiger charge is -2.29. The zero-order valence-electron chi connectivity index (χ0n) is 19.5. The Morgan fingerprint density at radius 3 is 2.33 bits per heavy atom. The molecule has 2 atom stereocenters. The number of para-hydroxylation sites is 1. The van der Waals surface area contributed by atoms with E-state index in [9.17, 15) is 18.9 Å². The van der Waals surface area contributed by atoms with Crippen LogP contribution in [0.25, 0.3) is 0 Å². The highest BCUT2D eigenvalue weighted by molar-refractivity contribution is 7.90. The molecule has 0 spiro atoms. The fraction of sp³-hybridized carbons (Fsp3) is 0.375. The monoisotopic (exact) mass is 474 g/mol. The minimum Gasteiger partial charge on any atom is -0.617 e. The van der Waals surface area contributed by atoms with Crippen molar-refractivity contribution in [1.29, 1.82) is 0 Å². The second-order valence-corrected chi connectivity index (χ2v) is 9.08. The van der Waals surface area contributed by atoms with Crippen LogP contribution in [0.1, 0.15) is 27.9 Å². The molecule has 0 saturated heterocycles. The summed E-state index contributed by atoms with van der Waals surface area (Å²) in [6.45, 7) is 3.73. The van der Waals surface area contributed by atoms with Gasteiger partial charge < -0.3 is 24.2 Å². The molecule has 9 heteroatoms. The van der Waals surface area contributed by atoms with E-state index in [1.54, 1.807) is 29.2 Å². The van der Waals surface area contributed by atoms with Crippen molar-refractivity contribution >= 4 is 40.4 Å². The number of nitrogens with zero attached hydrogens (tertiary/aromatic N) is 1. The number of esters is 2. The molecule has 2 rings (SSSR count). The zero-order valence-corrected chi connectivity index (χ0v) is 20.4. The van der Waals surface area contributed by atoms with Gasteiger partial charge in [-0.25, -0.2) is 9.59 Å². The first-order chi connectivity index (χ1) is 15.7. The fourth-order valence-electron chi connectivity index (χ4n) is 3.38. The largest absolute Gasteiger partial charge is 0.617 e. The molecular formula is C24H30N2O6S.